The van der Waals surface area contributed by atoms with Gasteiger partial charge in [-0.2, -0.15) is 0 Å². The van der Waals surface area contributed by atoms with Gasteiger partial charge in [-0.3, -0.25) is 0 Å². The molecule has 0 amide bonds. The Bertz CT molecular complexity index is 944. The van der Waals surface area contributed by atoms with Crippen molar-refractivity contribution in [1.29, 1.82) is 0 Å². The molecule has 0 saturated heterocycles. The molecule has 0 spiro atoms. The average molecular weight is 371 g/mol. The summed E-state index contributed by atoms with van der Waals surface area (Å²) in [5.74, 6) is 1.43. The molecule has 1 aliphatic carbocycles. The standard InChI is InChI=1S/C20H27N5S/c1-12(2)16-14-8-5-7-13(14)15-17-18(26-20(15)24-16)19(23-11-22-17)21-9-6-10-25(3)4/h11-12H,5-10H2,1-4H3,(H,21,22,23)/p+1. The lowest BCUT2D eigenvalue weighted by atomic mass is 9.99. The molecule has 1 aliphatic rings. The van der Waals surface area contributed by atoms with E-state index in [2.05, 4.69) is 43.2 Å². The molecule has 0 aliphatic heterocycles. The van der Waals surface area contributed by atoms with Crippen molar-refractivity contribution in [3.8, 4) is 0 Å². The largest absolute Gasteiger partial charge is 0.369 e. The van der Waals surface area contributed by atoms with E-state index >= 15 is 0 Å². The number of aryl methyl sites for hydroxylation is 1. The molecular weight excluding hydrogens is 342 g/mol. The van der Waals surface area contributed by atoms with Crippen molar-refractivity contribution < 1.29 is 4.90 Å². The zero-order valence-electron chi connectivity index (χ0n) is 16.1. The van der Waals surface area contributed by atoms with Crippen LogP contribution in [0.4, 0.5) is 5.82 Å². The summed E-state index contributed by atoms with van der Waals surface area (Å²) in [7, 11) is 4.38. The zero-order valence-corrected chi connectivity index (χ0v) is 17.0. The van der Waals surface area contributed by atoms with Crippen LogP contribution in [0.3, 0.4) is 0 Å². The highest BCUT2D eigenvalue weighted by Crippen LogP contribution is 2.42. The van der Waals surface area contributed by atoms with Gasteiger partial charge in [0.2, 0.25) is 0 Å². The van der Waals surface area contributed by atoms with Crippen molar-refractivity contribution in [3.05, 3.63) is 23.1 Å². The van der Waals surface area contributed by atoms with Crippen LogP contribution in [0.2, 0.25) is 0 Å². The zero-order chi connectivity index (χ0) is 18.3. The van der Waals surface area contributed by atoms with E-state index in [0.717, 1.165) is 53.2 Å². The Hall–Kier alpha value is -1.79. The molecule has 2 N–H and O–H groups in total. The van der Waals surface area contributed by atoms with Crippen molar-refractivity contribution in [3.63, 3.8) is 0 Å². The third-order valence-electron chi connectivity index (χ3n) is 5.20. The summed E-state index contributed by atoms with van der Waals surface area (Å²) in [6.45, 7) is 6.59. The first kappa shape index (κ1) is 17.6. The van der Waals surface area contributed by atoms with Crippen molar-refractivity contribution in [2.75, 3.05) is 32.5 Å². The fraction of sp³-hybridized carbons (Fsp3) is 0.550. The summed E-state index contributed by atoms with van der Waals surface area (Å²) >= 11 is 1.75. The Morgan fingerprint density at radius 2 is 2.00 bits per heavy atom. The number of hydrogen-bond donors (Lipinski definition) is 2. The molecule has 3 aromatic heterocycles. The van der Waals surface area contributed by atoms with Gasteiger partial charge in [-0.15, -0.1) is 11.3 Å². The molecule has 0 atom stereocenters. The first-order valence-corrected chi connectivity index (χ1v) is 10.5. The van der Waals surface area contributed by atoms with E-state index in [1.165, 1.54) is 33.5 Å². The third-order valence-corrected chi connectivity index (χ3v) is 6.28. The molecule has 0 unspecified atom stereocenters. The highest BCUT2D eigenvalue weighted by atomic mass is 32.1. The number of rotatable bonds is 6. The van der Waals surface area contributed by atoms with Gasteiger partial charge >= 0.3 is 0 Å². The smallest absolute Gasteiger partial charge is 0.147 e. The second-order valence-electron chi connectivity index (χ2n) is 7.88. The normalized spacial score (nSPS) is 14.1. The van der Waals surface area contributed by atoms with Crippen LogP contribution in [0.25, 0.3) is 20.4 Å². The predicted molar refractivity (Wildman–Crippen MR) is 110 cm³/mol. The summed E-state index contributed by atoms with van der Waals surface area (Å²) in [5.41, 5.74) is 5.34. The molecule has 6 heteroatoms. The van der Waals surface area contributed by atoms with Crippen LogP contribution in [0.1, 0.15) is 49.4 Å². The molecule has 0 radical (unpaired) electrons. The topological polar surface area (TPSA) is 55.1 Å². The lowest BCUT2D eigenvalue weighted by molar-refractivity contribution is -0.858. The molecule has 3 heterocycles. The van der Waals surface area contributed by atoms with E-state index in [1.54, 1.807) is 17.7 Å². The number of fused-ring (bicyclic) bond motifs is 5. The Morgan fingerprint density at radius 3 is 2.77 bits per heavy atom. The molecule has 0 saturated carbocycles. The highest BCUT2D eigenvalue weighted by Gasteiger charge is 2.25. The Labute approximate surface area is 158 Å². The minimum absolute atomic E-state index is 0.466. The Morgan fingerprint density at radius 1 is 1.19 bits per heavy atom. The first-order chi connectivity index (χ1) is 12.6. The molecule has 26 heavy (non-hydrogen) atoms. The van der Waals surface area contributed by atoms with Gasteiger partial charge in [-0.25, -0.2) is 15.0 Å². The van der Waals surface area contributed by atoms with E-state index in [1.807, 2.05) is 0 Å². The van der Waals surface area contributed by atoms with Crippen LogP contribution in [-0.4, -0.2) is 42.1 Å². The maximum atomic E-state index is 5.06. The summed E-state index contributed by atoms with van der Waals surface area (Å²) in [6, 6.07) is 0. The monoisotopic (exact) mass is 370 g/mol. The molecule has 0 bridgehead atoms. The van der Waals surface area contributed by atoms with Gasteiger partial charge in [0.15, 0.2) is 0 Å². The second kappa shape index (κ2) is 7.08. The Balaban J connectivity index is 1.78. The van der Waals surface area contributed by atoms with Gasteiger partial charge in [0, 0.05) is 24.0 Å². The average Bonchev–Trinajstić information content (AvgIpc) is 3.21. The minimum atomic E-state index is 0.466. The maximum absolute atomic E-state index is 5.06. The van der Waals surface area contributed by atoms with E-state index < -0.39 is 0 Å². The van der Waals surface area contributed by atoms with Gasteiger partial charge in [-0.1, -0.05) is 13.8 Å². The molecule has 0 fully saturated rings. The van der Waals surface area contributed by atoms with E-state index in [9.17, 15) is 0 Å². The van der Waals surface area contributed by atoms with E-state index in [0.29, 0.717) is 5.92 Å². The number of anilines is 1. The second-order valence-corrected chi connectivity index (χ2v) is 8.88. The van der Waals surface area contributed by atoms with E-state index in [4.69, 9.17) is 4.98 Å². The van der Waals surface area contributed by atoms with Crippen molar-refractivity contribution >= 4 is 37.6 Å². The number of quaternary nitrogens is 1. The number of nitrogens with one attached hydrogen (secondary N) is 2. The number of hydrogen-bond acceptors (Lipinski definition) is 5. The van der Waals surface area contributed by atoms with Crippen molar-refractivity contribution in [2.45, 2.75) is 45.4 Å². The molecule has 3 aromatic rings. The predicted octanol–water partition coefficient (Wildman–Crippen LogP) is 2.80. The van der Waals surface area contributed by atoms with Gasteiger partial charge in [0.25, 0.3) is 0 Å². The minimum Gasteiger partial charge on any atom is -0.369 e. The number of nitrogens with zero attached hydrogens (tertiary/aromatic N) is 3. The van der Waals surface area contributed by atoms with Gasteiger partial charge < -0.3 is 10.2 Å². The number of aromatic nitrogens is 3. The van der Waals surface area contributed by atoms with Gasteiger partial charge in [-0.05, 0) is 36.3 Å². The number of thiophene rings is 1. The first-order valence-electron chi connectivity index (χ1n) is 9.68. The molecular formula is C20H28N5S+. The summed E-state index contributed by atoms with van der Waals surface area (Å²) in [6.07, 6.45) is 6.37. The third kappa shape index (κ3) is 3.05. The van der Waals surface area contributed by atoms with Crippen LogP contribution >= 0.6 is 11.3 Å². The summed E-state index contributed by atoms with van der Waals surface area (Å²) in [4.78, 5) is 16.8. The van der Waals surface area contributed by atoms with Crippen LogP contribution in [0, 0.1) is 0 Å². The lowest BCUT2D eigenvalue weighted by Gasteiger charge is -2.11. The van der Waals surface area contributed by atoms with Gasteiger partial charge in [0.1, 0.15) is 17.0 Å². The van der Waals surface area contributed by atoms with E-state index in [-0.39, 0.29) is 0 Å². The molecule has 4 rings (SSSR count). The molecule has 0 aromatic carbocycles. The number of pyridine rings is 1. The summed E-state index contributed by atoms with van der Waals surface area (Å²) in [5, 5.41) is 4.81. The Kier molecular flexibility index (Phi) is 4.80. The van der Waals surface area contributed by atoms with Crippen LogP contribution in [0.15, 0.2) is 6.33 Å². The fourth-order valence-corrected chi connectivity index (χ4v) is 5.11. The SMILES string of the molecule is CC(C)c1nc2sc3c(NCCC[NH+](C)C)ncnc3c2c2c1CCC2. The molecule has 138 valence electrons. The van der Waals surface area contributed by atoms with Crippen molar-refractivity contribution in [2.24, 2.45) is 0 Å². The van der Waals surface area contributed by atoms with Crippen molar-refractivity contribution in [1.82, 2.24) is 15.0 Å². The summed E-state index contributed by atoms with van der Waals surface area (Å²) < 4.78 is 1.15. The van der Waals surface area contributed by atoms with Crippen LogP contribution in [-0.2, 0) is 12.8 Å². The fourth-order valence-electron chi connectivity index (χ4n) is 3.98. The van der Waals surface area contributed by atoms with Crippen LogP contribution < -0.4 is 10.2 Å². The highest BCUT2D eigenvalue weighted by molar-refractivity contribution is 7.26. The lowest BCUT2D eigenvalue weighted by Crippen LogP contribution is -3.05. The molecule has 5 nitrogen and oxygen atoms in total. The van der Waals surface area contributed by atoms with Gasteiger partial charge in [0.05, 0.1) is 30.9 Å². The quantitative estimate of drug-likeness (QED) is 0.655. The maximum Gasteiger partial charge on any atom is 0.147 e. The van der Waals surface area contributed by atoms with Crippen LogP contribution in [0.5, 0.6) is 0 Å².